The maximum Gasteiger partial charge on any atom is 0.273 e. The summed E-state index contributed by atoms with van der Waals surface area (Å²) in [6.45, 7) is 0.172. The summed E-state index contributed by atoms with van der Waals surface area (Å²) in [4.78, 5) is 17.8. The van der Waals surface area contributed by atoms with Gasteiger partial charge in [0.25, 0.3) is 5.56 Å². The van der Waals surface area contributed by atoms with Crippen LogP contribution in [0.3, 0.4) is 0 Å². The highest BCUT2D eigenvalue weighted by molar-refractivity contribution is 9.10. The SMILES string of the molecule is N#Cc1c[nH]n2c(=O)cc(Cn3nnc(-c4ccc(Br)cc4)n3)nc12. The van der Waals surface area contributed by atoms with E-state index in [1.165, 1.54) is 21.6 Å². The monoisotopic (exact) mass is 396 g/mol. The van der Waals surface area contributed by atoms with Crippen molar-refractivity contribution in [3.05, 3.63) is 62.6 Å². The third kappa shape index (κ3) is 2.81. The molecule has 0 radical (unpaired) electrons. The topological polar surface area (TPSA) is 118 Å². The molecule has 3 heterocycles. The molecule has 0 unspecified atom stereocenters. The average Bonchev–Trinajstić information content (AvgIpc) is 3.22. The molecule has 0 aliphatic rings. The summed E-state index contributed by atoms with van der Waals surface area (Å²) in [6, 6.07) is 10.9. The van der Waals surface area contributed by atoms with E-state index >= 15 is 0 Å². The lowest BCUT2D eigenvalue weighted by Crippen LogP contribution is -2.17. The van der Waals surface area contributed by atoms with Crippen molar-refractivity contribution in [2.45, 2.75) is 6.54 Å². The summed E-state index contributed by atoms with van der Waals surface area (Å²) in [5.74, 6) is 0.477. The van der Waals surface area contributed by atoms with Crippen molar-refractivity contribution in [3.63, 3.8) is 0 Å². The van der Waals surface area contributed by atoms with Gasteiger partial charge in [0, 0.05) is 22.3 Å². The summed E-state index contributed by atoms with van der Waals surface area (Å²) in [5.41, 5.74) is 1.53. The van der Waals surface area contributed by atoms with Crippen LogP contribution in [0.1, 0.15) is 11.3 Å². The number of hydrogen-bond donors (Lipinski definition) is 1. The fraction of sp³-hybridized carbons (Fsp3) is 0.0667. The molecule has 0 saturated heterocycles. The third-order valence-electron chi connectivity index (χ3n) is 3.53. The second-order valence-electron chi connectivity index (χ2n) is 5.19. The fourth-order valence-electron chi connectivity index (χ4n) is 2.36. The minimum atomic E-state index is -0.310. The second kappa shape index (κ2) is 5.95. The average molecular weight is 397 g/mol. The number of hydrogen-bond acceptors (Lipinski definition) is 6. The Labute approximate surface area is 148 Å². The first-order valence-electron chi connectivity index (χ1n) is 7.18. The summed E-state index contributed by atoms with van der Waals surface area (Å²) in [5, 5.41) is 24.1. The number of aromatic nitrogens is 7. The smallest absolute Gasteiger partial charge is 0.273 e. The van der Waals surface area contributed by atoms with Gasteiger partial charge in [-0.1, -0.05) is 15.9 Å². The molecular formula is C15H9BrN8O. The lowest BCUT2D eigenvalue weighted by molar-refractivity contribution is 0.563. The van der Waals surface area contributed by atoms with Crippen LogP contribution in [0.15, 0.2) is 45.8 Å². The zero-order valence-corrected chi connectivity index (χ0v) is 14.2. The molecule has 0 atom stereocenters. The van der Waals surface area contributed by atoms with Crippen LogP contribution >= 0.6 is 15.9 Å². The molecule has 122 valence electrons. The van der Waals surface area contributed by atoms with E-state index in [1.807, 2.05) is 30.3 Å². The van der Waals surface area contributed by atoms with Gasteiger partial charge in [-0.25, -0.2) is 9.50 Å². The lowest BCUT2D eigenvalue weighted by atomic mass is 10.2. The molecular weight excluding hydrogens is 388 g/mol. The number of nitrogens with zero attached hydrogens (tertiary/aromatic N) is 7. The van der Waals surface area contributed by atoms with E-state index in [2.05, 4.69) is 41.4 Å². The highest BCUT2D eigenvalue weighted by Gasteiger charge is 2.11. The van der Waals surface area contributed by atoms with Crippen molar-refractivity contribution in [3.8, 4) is 17.5 Å². The first-order valence-corrected chi connectivity index (χ1v) is 7.97. The maximum absolute atomic E-state index is 12.1. The number of H-pyrrole nitrogens is 1. The zero-order chi connectivity index (χ0) is 17.4. The first-order chi connectivity index (χ1) is 12.1. The molecule has 4 aromatic rings. The molecule has 0 saturated carbocycles. The summed E-state index contributed by atoms with van der Waals surface area (Å²) in [7, 11) is 0. The van der Waals surface area contributed by atoms with Crippen LogP contribution in [0.25, 0.3) is 17.0 Å². The van der Waals surface area contributed by atoms with Crippen LogP contribution in [0.2, 0.25) is 0 Å². The Morgan fingerprint density at radius 3 is 2.84 bits per heavy atom. The van der Waals surface area contributed by atoms with Gasteiger partial charge in [-0.2, -0.15) is 10.1 Å². The number of benzene rings is 1. The standard InChI is InChI=1S/C15H9BrN8O/c16-11-3-1-9(2-4-11)14-20-22-23(21-14)8-12-5-13(25)24-15(19-12)10(6-17)7-18-24/h1-5,7,18H,8H2. The van der Waals surface area contributed by atoms with Gasteiger partial charge < -0.3 is 0 Å². The molecule has 0 spiro atoms. The minimum Gasteiger partial charge on any atom is -0.295 e. The molecule has 1 N–H and O–H groups in total. The van der Waals surface area contributed by atoms with E-state index in [-0.39, 0.29) is 17.8 Å². The Balaban J connectivity index is 1.67. The van der Waals surface area contributed by atoms with Gasteiger partial charge in [0.1, 0.15) is 18.2 Å². The highest BCUT2D eigenvalue weighted by Crippen LogP contribution is 2.17. The normalized spacial score (nSPS) is 10.9. The summed E-state index contributed by atoms with van der Waals surface area (Å²) < 4.78 is 2.17. The Morgan fingerprint density at radius 1 is 1.28 bits per heavy atom. The van der Waals surface area contributed by atoms with E-state index in [0.29, 0.717) is 17.1 Å². The van der Waals surface area contributed by atoms with E-state index < -0.39 is 0 Å². The molecule has 9 nitrogen and oxygen atoms in total. The molecule has 3 aromatic heterocycles. The van der Waals surface area contributed by atoms with Crippen molar-refractivity contribution >= 4 is 21.6 Å². The predicted octanol–water partition coefficient (Wildman–Crippen LogP) is 1.36. The summed E-state index contributed by atoms with van der Waals surface area (Å²) in [6.07, 6.45) is 1.44. The van der Waals surface area contributed by atoms with Crippen molar-refractivity contribution in [1.82, 2.24) is 34.8 Å². The Bertz CT molecular complexity index is 1160. The molecule has 4 rings (SSSR count). The molecule has 0 aliphatic carbocycles. The van der Waals surface area contributed by atoms with Crippen molar-refractivity contribution in [1.29, 1.82) is 5.26 Å². The molecule has 0 aliphatic heterocycles. The van der Waals surface area contributed by atoms with Crippen molar-refractivity contribution < 1.29 is 0 Å². The van der Waals surface area contributed by atoms with E-state index in [1.54, 1.807) is 0 Å². The van der Waals surface area contributed by atoms with Gasteiger partial charge in [0.2, 0.25) is 5.82 Å². The van der Waals surface area contributed by atoms with E-state index in [0.717, 1.165) is 10.0 Å². The lowest BCUT2D eigenvalue weighted by Gasteiger charge is -2.00. The maximum atomic E-state index is 12.1. The van der Waals surface area contributed by atoms with Gasteiger partial charge in [0.05, 0.1) is 5.69 Å². The minimum absolute atomic E-state index is 0.172. The van der Waals surface area contributed by atoms with Crippen LogP contribution < -0.4 is 5.56 Å². The molecule has 0 bridgehead atoms. The number of halogens is 1. The number of tetrazole rings is 1. The van der Waals surface area contributed by atoms with Crippen LogP contribution in [0.5, 0.6) is 0 Å². The molecule has 0 fully saturated rings. The largest absolute Gasteiger partial charge is 0.295 e. The first kappa shape index (κ1) is 15.2. The predicted molar refractivity (Wildman–Crippen MR) is 90.6 cm³/mol. The number of aromatic amines is 1. The van der Waals surface area contributed by atoms with E-state index in [9.17, 15) is 4.79 Å². The highest BCUT2D eigenvalue weighted by atomic mass is 79.9. The number of fused-ring (bicyclic) bond motifs is 1. The molecule has 0 amide bonds. The molecule has 1 aromatic carbocycles. The number of rotatable bonds is 3. The number of nitriles is 1. The summed E-state index contributed by atoms with van der Waals surface area (Å²) >= 11 is 3.38. The number of nitrogens with one attached hydrogen (secondary N) is 1. The molecule has 25 heavy (non-hydrogen) atoms. The van der Waals surface area contributed by atoms with Crippen molar-refractivity contribution in [2.24, 2.45) is 0 Å². The van der Waals surface area contributed by atoms with Gasteiger partial charge in [-0.05, 0) is 29.5 Å². The second-order valence-corrected chi connectivity index (χ2v) is 6.11. The van der Waals surface area contributed by atoms with Gasteiger partial charge >= 0.3 is 0 Å². The van der Waals surface area contributed by atoms with Crippen LogP contribution in [-0.4, -0.2) is 34.8 Å². The Morgan fingerprint density at radius 2 is 2.08 bits per heavy atom. The zero-order valence-electron chi connectivity index (χ0n) is 12.6. The Kier molecular flexibility index (Phi) is 3.62. The Hall–Kier alpha value is -3.32. The van der Waals surface area contributed by atoms with Gasteiger partial charge in [-0.15, -0.1) is 10.2 Å². The quantitative estimate of drug-likeness (QED) is 0.558. The van der Waals surface area contributed by atoms with Crippen molar-refractivity contribution in [2.75, 3.05) is 0 Å². The van der Waals surface area contributed by atoms with E-state index in [4.69, 9.17) is 5.26 Å². The van der Waals surface area contributed by atoms with Crippen LogP contribution in [0.4, 0.5) is 0 Å². The van der Waals surface area contributed by atoms with Crippen LogP contribution in [0, 0.1) is 11.3 Å². The third-order valence-corrected chi connectivity index (χ3v) is 4.06. The van der Waals surface area contributed by atoms with Gasteiger partial charge in [-0.3, -0.25) is 9.89 Å². The molecule has 10 heteroatoms. The fourth-order valence-corrected chi connectivity index (χ4v) is 2.63. The van der Waals surface area contributed by atoms with Gasteiger partial charge in [0.15, 0.2) is 5.65 Å². The van der Waals surface area contributed by atoms with Crippen LogP contribution in [-0.2, 0) is 6.54 Å².